The Hall–Kier alpha value is -1.94. The van der Waals surface area contributed by atoms with E-state index < -0.39 is 97.5 Å². The molecule has 17 nitrogen and oxygen atoms in total. The van der Waals surface area contributed by atoms with Crippen LogP contribution in [0.4, 0.5) is 0 Å². The van der Waals surface area contributed by atoms with Gasteiger partial charge in [-0.1, -0.05) is 286 Å². The maximum absolute atomic E-state index is 13.0. The molecule has 0 spiro atoms. The first-order valence-corrected chi connectivity index (χ1v) is 38.4. The lowest BCUT2D eigenvalue weighted by Gasteiger charge is -2.21. The molecule has 0 aromatic rings. The molecule has 0 bridgehead atoms. The maximum atomic E-state index is 13.0. The van der Waals surface area contributed by atoms with Crippen molar-refractivity contribution in [3.63, 3.8) is 0 Å². The summed E-state index contributed by atoms with van der Waals surface area (Å²) in [6, 6.07) is 0. The van der Waals surface area contributed by atoms with Crippen molar-refractivity contribution < 1.29 is 80.2 Å². The van der Waals surface area contributed by atoms with E-state index in [-0.39, 0.29) is 25.7 Å². The van der Waals surface area contributed by atoms with Gasteiger partial charge >= 0.3 is 39.5 Å². The van der Waals surface area contributed by atoms with Gasteiger partial charge in [0.1, 0.15) is 19.3 Å². The molecule has 0 heterocycles. The number of rotatable bonds is 66. The van der Waals surface area contributed by atoms with Gasteiger partial charge in [0.05, 0.1) is 26.4 Å². The van der Waals surface area contributed by atoms with Crippen LogP contribution >= 0.6 is 15.6 Å². The molecule has 0 aromatic carbocycles. The van der Waals surface area contributed by atoms with Crippen LogP contribution in [-0.4, -0.2) is 96.7 Å². The third-order valence-electron chi connectivity index (χ3n) is 16.0. The Morgan fingerprint density at radius 3 is 0.874 bits per heavy atom. The quantitative estimate of drug-likeness (QED) is 0.0222. The highest BCUT2D eigenvalue weighted by Gasteiger charge is 2.30. The molecule has 19 heteroatoms. The number of hydrogen-bond donors (Lipinski definition) is 3. The molecule has 3 unspecified atom stereocenters. The van der Waals surface area contributed by atoms with E-state index in [4.69, 9.17) is 37.0 Å². The van der Waals surface area contributed by atoms with Crippen molar-refractivity contribution in [2.75, 3.05) is 39.6 Å². The molecular weight excluding hydrogens is 1150 g/mol. The third kappa shape index (κ3) is 61.3. The first-order valence-electron chi connectivity index (χ1n) is 35.4. The molecule has 516 valence electrons. The zero-order valence-electron chi connectivity index (χ0n) is 56.5. The first kappa shape index (κ1) is 85.1. The van der Waals surface area contributed by atoms with Crippen LogP contribution in [0.3, 0.4) is 0 Å². The summed E-state index contributed by atoms with van der Waals surface area (Å²) in [6.45, 7) is 11.8. The van der Waals surface area contributed by atoms with Crippen LogP contribution in [0.1, 0.15) is 337 Å². The minimum Gasteiger partial charge on any atom is -0.462 e. The summed E-state index contributed by atoms with van der Waals surface area (Å²) >= 11 is 0. The molecule has 3 N–H and O–H groups in total. The van der Waals surface area contributed by atoms with Crippen LogP contribution < -0.4 is 0 Å². The molecule has 0 rings (SSSR count). The Morgan fingerprint density at radius 2 is 0.586 bits per heavy atom. The zero-order valence-corrected chi connectivity index (χ0v) is 58.3. The van der Waals surface area contributed by atoms with E-state index in [9.17, 15) is 43.2 Å². The summed E-state index contributed by atoms with van der Waals surface area (Å²) in [5.41, 5.74) is 0. The summed E-state index contributed by atoms with van der Waals surface area (Å²) in [4.78, 5) is 72.3. The van der Waals surface area contributed by atoms with E-state index >= 15 is 0 Å². The molecule has 0 aromatic heterocycles. The summed E-state index contributed by atoms with van der Waals surface area (Å²) in [5, 5.41) is 10.6. The Balaban J connectivity index is 5.22. The standard InChI is InChI=1S/C68H132O17P2/c1-8-10-11-12-13-28-35-42-49-65(70)78-55-64(85-68(73)52-45-38-31-24-26-33-40-47-60(5)6)58-83-87(76,77)81-54-62(69)53-80-86(74,75)82-57-63(56-79-66(71)50-43-36-29-23-22-27-34-41-48-61(7)9-2)84-67(72)51-44-37-30-21-19-17-15-14-16-18-20-25-32-39-46-59(3)4/h59-64,69H,8-58H2,1-7H3,(H,74,75)(H,76,77)/t61?,62-,63-,64-/m1/s1. The van der Waals surface area contributed by atoms with Crippen LogP contribution in [0.15, 0.2) is 0 Å². The molecule has 6 atom stereocenters. The van der Waals surface area contributed by atoms with E-state index in [2.05, 4.69) is 48.5 Å². The fourth-order valence-corrected chi connectivity index (χ4v) is 11.7. The van der Waals surface area contributed by atoms with Gasteiger partial charge in [0.15, 0.2) is 12.2 Å². The van der Waals surface area contributed by atoms with E-state index in [1.807, 2.05) is 0 Å². The number of hydrogen-bond acceptors (Lipinski definition) is 15. The summed E-state index contributed by atoms with van der Waals surface area (Å²) in [6.07, 6.45) is 41.8. The minimum atomic E-state index is -4.95. The van der Waals surface area contributed by atoms with Crippen LogP contribution in [-0.2, 0) is 65.4 Å². The van der Waals surface area contributed by atoms with E-state index in [1.54, 1.807) is 0 Å². The number of carbonyl (C=O) groups excluding carboxylic acids is 4. The molecule has 0 fully saturated rings. The zero-order chi connectivity index (χ0) is 64.5. The highest BCUT2D eigenvalue weighted by molar-refractivity contribution is 7.47. The van der Waals surface area contributed by atoms with Gasteiger partial charge in [-0.2, -0.15) is 0 Å². The molecule has 0 saturated heterocycles. The van der Waals surface area contributed by atoms with E-state index in [1.165, 1.54) is 141 Å². The van der Waals surface area contributed by atoms with Gasteiger partial charge in [-0.05, 0) is 43.4 Å². The van der Waals surface area contributed by atoms with Crippen molar-refractivity contribution in [1.82, 2.24) is 0 Å². The molecule has 0 aliphatic carbocycles. The van der Waals surface area contributed by atoms with Gasteiger partial charge in [0, 0.05) is 25.7 Å². The number of esters is 4. The van der Waals surface area contributed by atoms with Crippen molar-refractivity contribution in [3.8, 4) is 0 Å². The van der Waals surface area contributed by atoms with E-state index in [0.717, 1.165) is 108 Å². The Labute approximate surface area is 530 Å². The SMILES string of the molecule is CCCCCCCCCCC(=O)OC[C@H](COP(=O)(O)OC[C@H](O)COP(=O)(O)OC[C@@H](COC(=O)CCCCCCCCCCC(C)CC)OC(=O)CCCCCCCCCCCCCCCCC(C)C)OC(=O)CCCCCCCCCC(C)C. The van der Waals surface area contributed by atoms with Crippen molar-refractivity contribution in [3.05, 3.63) is 0 Å². The van der Waals surface area contributed by atoms with Crippen molar-refractivity contribution in [2.45, 2.75) is 356 Å². The van der Waals surface area contributed by atoms with Crippen LogP contribution in [0, 0.1) is 17.8 Å². The second-order valence-corrected chi connectivity index (χ2v) is 28.7. The normalized spacial score (nSPS) is 14.6. The lowest BCUT2D eigenvalue weighted by Crippen LogP contribution is -2.30. The monoisotopic (exact) mass is 1280 g/mol. The minimum absolute atomic E-state index is 0.103. The number of phosphoric acid groups is 2. The first-order chi connectivity index (χ1) is 41.8. The number of aliphatic hydroxyl groups is 1. The predicted octanol–water partition coefficient (Wildman–Crippen LogP) is 19.1. The van der Waals surface area contributed by atoms with Crippen LogP contribution in [0.2, 0.25) is 0 Å². The topological polar surface area (TPSA) is 237 Å². The van der Waals surface area contributed by atoms with Gasteiger partial charge in [-0.25, -0.2) is 9.13 Å². The second-order valence-electron chi connectivity index (χ2n) is 25.8. The van der Waals surface area contributed by atoms with Crippen LogP contribution in [0.5, 0.6) is 0 Å². The largest absolute Gasteiger partial charge is 0.472 e. The lowest BCUT2D eigenvalue weighted by molar-refractivity contribution is -0.161. The van der Waals surface area contributed by atoms with Crippen molar-refractivity contribution in [2.24, 2.45) is 17.8 Å². The van der Waals surface area contributed by atoms with Gasteiger partial charge in [-0.3, -0.25) is 37.3 Å². The van der Waals surface area contributed by atoms with Gasteiger partial charge in [0.2, 0.25) is 0 Å². The number of phosphoric ester groups is 2. The number of unbranched alkanes of at least 4 members (excludes halogenated alkanes) is 33. The van der Waals surface area contributed by atoms with E-state index in [0.29, 0.717) is 31.6 Å². The average molecular weight is 1280 g/mol. The van der Waals surface area contributed by atoms with Crippen molar-refractivity contribution in [1.29, 1.82) is 0 Å². The second kappa shape index (κ2) is 59.1. The molecular formula is C68H132O17P2. The molecule has 0 radical (unpaired) electrons. The fraction of sp³-hybridized carbons (Fsp3) is 0.941. The Morgan fingerprint density at radius 1 is 0.333 bits per heavy atom. The lowest BCUT2D eigenvalue weighted by atomic mass is 9.99. The summed E-state index contributed by atoms with van der Waals surface area (Å²) in [5.74, 6) is 0.135. The van der Waals surface area contributed by atoms with Crippen LogP contribution in [0.25, 0.3) is 0 Å². The highest BCUT2D eigenvalue weighted by atomic mass is 31.2. The van der Waals surface area contributed by atoms with Crippen molar-refractivity contribution >= 4 is 39.5 Å². The Kier molecular flexibility index (Phi) is 57.8. The van der Waals surface area contributed by atoms with Gasteiger partial charge in [0.25, 0.3) is 0 Å². The average Bonchev–Trinajstić information content (AvgIpc) is 3.67. The number of aliphatic hydroxyl groups excluding tert-OH is 1. The third-order valence-corrected chi connectivity index (χ3v) is 17.9. The smallest absolute Gasteiger partial charge is 0.462 e. The number of ether oxygens (including phenoxy) is 4. The van der Waals surface area contributed by atoms with Gasteiger partial charge < -0.3 is 33.8 Å². The molecule has 0 aliphatic rings. The molecule has 87 heavy (non-hydrogen) atoms. The summed E-state index contributed by atoms with van der Waals surface area (Å²) < 4.78 is 68.1. The fourth-order valence-electron chi connectivity index (χ4n) is 10.2. The molecule has 0 saturated carbocycles. The molecule has 0 aliphatic heterocycles. The Bertz CT molecular complexity index is 1720. The van der Waals surface area contributed by atoms with Gasteiger partial charge in [-0.15, -0.1) is 0 Å². The predicted molar refractivity (Wildman–Crippen MR) is 349 cm³/mol. The maximum Gasteiger partial charge on any atom is 0.472 e. The summed E-state index contributed by atoms with van der Waals surface area (Å²) in [7, 11) is -9.89. The molecule has 0 amide bonds. The highest BCUT2D eigenvalue weighted by Crippen LogP contribution is 2.45. The number of carbonyl (C=O) groups is 4.